The van der Waals surface area contributed by atoms with E-state index < -0.39 is 11.6 Å². The van der Waals surface area contributed by atoms with Crippen LogP contribution in [0.25, 0.3) is 0 Å². The first-order valence-corrected chi connectivity index (χ1v) is 5.81. The average Bonchev–Trinajstić information content (AvgIpc) is 2.42. The highest BCUT2D eigenvalue weighted by Gasteiger charge is 2.26. The number of benzene rings is 1. The SMILES string of the molecule is NCc1ccc(N2CCOCC2CO)c(F)c1F. The molecular weight excluding hydrogens is 242 g/mol. The van der Waals surface area contributed by atoms with Crippen molar-refractivity contribution in [2.45, 2.75) is 12.6 Å². The van der Waals surface area contributed by atoms with Gasteiger partial charge in [0.2, 0.25) is 0 Å². The molecule has 3 N–H and O–H groups in total. The van der Waals surface area contributed by atoms with Gasteiger partial charge in [0.1, 0.15) is 0 Å². The smallest absolute Gasteiger partial charge is 0.182 e. The highest BCUT2D eigenvalue weighted by Crippen LogP contribution is 2.26. The number of nitrogens with zero attached hydrogens (tertiary/aromatic N) is 1. The third-order valence-electron chi connectivity index (χ3n) is 3.11. The lowest BCUT2D eigenvalue weighted by Crippen LogP contribution is -2.48. The predicted octanol–water partition coefficient (Wildman–Crippen LogP) is 0.621. The van der Waals surface area contributed by atoms with E-state index in [0.717, 1.165) is 0 Å². The molecule has 0 aliphatic carbocycles. The molecule has 1 fully saturated rings. The first kappa shape index (κ1) is 13.2. The normalized spacial score (nSPS) is 20.2. The van der Waals surface area contributed by atoms with Crippen LogP contribution in [0.4, 0.5) is 14.5 Å². The molecule has 0 amide bonds. The molecule has 100 valence electrons. The van der Waals surface area contributed by atoms with Crippen LogP contribution in [-0.4, -0.2) is 37.5 Å². The predicted molar refractivity (Wildman–Crippen MR) is 63.3 cm³/mol. The Morgan fingerprint density at radius 1 is 1.39 bits per heavy atom. The molecular formula is C12H16F2N2O2. The van der Waals surface area contributed by atoms with Crippen LogP contribution in [-0.2, 0) is 11.3 Å². The summed E-state index contributed by atoms with van der Waals surface area (Å²) in [6, 6.07) is 2.61. The average molecular weight is 258 g/mol. The molecule has 4 nitrogen and oxygen atoms in total. The molecule has 1 unspecified atom stereocenters. The lowest BCUT2D eigenvalue weighted by atomic mass is 10.1. The zero-order valence-electron chi connectivity index (χ0n) is 9.90. The van der Waals surface area contributed by atoms with E-state index in [1.54, 1.807) is 4.90 Å². The molecule has 1 atom stereocenters. The van der Waals surface area contributed by atoms with Crippen LogP contribution in [0.5, 0.6) is 0 Å². The van der Waals surface area contributed by atoms with Gasteiger partial charge in [-0.05, 0) is 6.07 Å². The van der Waals surface area contributed by atoms with Gasteiger partial charge in [0.25, 0.3) is 0 Å². The zero-order chi connectivity index (χ0) is 13.1. The molecule has 6 heteroatoms. The van der Waals surface area contributed by atoms with E-state index in [1.807, 2.05) is 0 Å². The van der Waals surface area contributed by atoms with Crippen molar-refractivity contribution in [1.82, 2.24) is 0 Å². The van der Waals surface area contributed by atoms with E-state index >= 15 is 0 Å². The minimum absolute atomic E-state index is 0.0461. The van der Waals surface area contributed by atoms with Gasteiger partial charge < -0.3 is 20.5 Å². The summed E-state index contributed by atoms with van der Waals surface area (Å²) in [5.74, 6) is -1.84. The molecule has 0 radical (unpaired) electrons. The number of anilines is 1. The van der Waals surface area contributed by atoms with Crippen molar-refractivity contribution >= 4 is 5.69 Å². The number of halogens is 2. The second-order valence-electron chi connectivity index (χ2n) is 4.18. The summed E-state index contributed by atoms with van der Waals surface area (Å²) < 4.78 is 32.8. The van der Waals surface area contributed by atoms with E-state index in [0.29, 0.717) is 19.8 Å². The van der Waals surface area contributed by atoms with Crippen molar-refractivity contribution in [3.8, 4) is 0 Å². The molecule has 1 saturated heterocycles. The molecule has 2 rings (SSSR count). The lowest BCUT2D eigenvalue weighted by molar-refractivity contribution is 0.0723. The van der Waals surface area contributed by atoms with E-state index in [4.69, 9.17) is 10.5 Å². The van der Waals surface area contributed by atoms with Crippen molar-refractivity contribution in [2.75, 3.05) is 31.3 Å². The molecule has 1 heterocycles. The molecule has 18 heavy (non-hydrogen) atoms. The van der Waals surface area contributed by atoms with Gasteiger partial charge in [-0.3, -0.25) is 0 Å². The maximum atomic E-state index is 13.9. The molecule has 0 bridgehead atoms. The molecule has 0 spiro atoms. The number of nitrogens with two attached hydrogens (primary N) is 1. The Labute approximate surface area is 104 Å². The number of morpholine rings is 1. The molecule has 1 aromatic carbocycles. The molecule has 0 saturated carbocycles. The minimum Gasteiger partial charge on any atom is -0.394 e. The number of aliphatic hydroxyl groups is 1. The van der Waals surface area contributed by atoms with Crippen LogP contribution in [0.15, 0.2) is 12.1 Å². The third-order valence-corrected chi connectivity index (χ3v) is 3.11. The number of hydrogen-bond acceptors (Lipinski definition) is 4. The first-order valence-electron chi connectivity index (χ1n) is 5.81. The molecule has 1 aliphatic rings. The monoisotopic (exact) mass is 258 g/mol. The Bertz CT molecular complexity index is 429. The standard InChI is InChI=1S/C12H16F2N2O2/c13-11-8(5-15)1-2-10(12(11)14)16-3-4-18-7-9(16)6-17/h1-2,9,17H,3-7,15H2. The summed E-state index contributed by atoms with van der Waals surface area (Å²) in [5, 5.41) is 9.23. The zero-order valence-corrected chi connectivity index (χ0v) is 9.90. The lowest BCUT2D eigenvalue weighted by Gasteiger charge is -2.36. The molecule has 1 aromatic rings. The van der Waals surface area contributed by atoms with Crippen molar-refractivity contribution in [2.24, 2.45) is 5.73 Å². The fraction of sp³-hybridized carbons (Fsp3) is 0.500. The quantitative estimate of drug-likeness (QED) is 0.834. The van der Waals surface area contributed by atoms with Crippen molar-refractivity contribution in [3.05, 3.63) is 29.3 Å². The second-order valence-corrected chi connectivity index (χ2v) is 4.18. The summed E-state index contributed by atoms with van der Waals surface area (Å²) in [6.45, 7) is 0.936. The summed E-state index contributed by atoms with van der Waals surface area (Å²) in [7, 11) is 0. The second kappa shape index (κ2) is 5.60. The Morgan fingerprint density at radius 3 is 2.83 bits per heavy atom. The third kappa shape index (κ3) is 2.31. The fourth-order valence-corrected chi connectivity index (χ4v) is 2.08. The van der Waals surface area contributed by atoms with Crippen LogP contribution < -0.4 is 10.6 Å². The number of hydrogen-bond donors (Lipinski definition) is 2. The van der Waals surface area contributed by atoms with Crippen LogP contribution >= 0.6 is 0 Å². The van der Waals surface area contributed by atoms with Crippen LogP contribution in [0.3, 0.4) is 0 Å². The highest BCUT2D eigenvalue weighted by molar-refractivity contribution is 5.51. The van der Waals surface area contributed by atoms with Gasteiger partial charge in [-0.2, -0.15) is 0 Å². The van der Waals surface area contributed by atoms with E-state index in [-0.39, 0.29) is 30.4 Å². The summed E-state index contributed by atoms with van der Waals surface area (Å²) in [4.78, 5) is 1.63. The maximum Gasteiger partial charge on any atom is 0.182 e. The van der Waals surface area contributed by atoms with E-state index in [1.165, 1.54) is 12.1 Å². The van der Waals surface area contributed by atoms with Crippen molar-refractivity contribution in [1.29, 1.82) is 0 Å². The number of aliphatic hydroxyl groups excluding tert-OH is 1. The van der Waals surface area contributed by atoms with Crippen molar-refractivity contribution in [3.63, 3.8) is 0 Å². The van der Waals surface area contributed by atoms with Crippen LogP contribution in [0, 0.1) is 11.6 Å². The van der Waals surface area contributed by atoms with Gasteiger partial charge >= 0.3 is 0 Å². The highest BCUT2D eigenvalue weighted by atomic mass is 19.2. The Kier molecular flexibility index (Phi) is 4.11. The van der Waals surface area contributed by atoms with Gasteiger partial charge in [-0.15, -0.1) is 0 Å². The Hall–Kier alpha value is -1.24. The Balaban J connectivity index is 2.35. The van der Waals surface area contributed by atoms with Crippen molar-refractivity contribution < 1.29 is 18.6 Å². The van der Waals surface area contributed by atoms with Gasteiger partial charge in [0.05, 0.1) is 31.5 Å². The van der Waals surface area contributed by atoms with E-state index in [2.05, 4.69) is 0 Å². The summed E-state index contributed by atoms with van der Waals surface area (Å²) in [5.41, 5.74) is 5.61. The largest absolute Gasteiger partial charge is 0.394 e. The van der Waals surface area contributed by atoms with Gasteiger partial charge in [-0.25, -0.2) is 8.78 Å². The minimum atomic E-state index is -0.918. The number of rotatable bonds is 3. The van der Waals surface area contributed by atoms with Gasteiger partial charge in [0.15, 0.2) is 11.6 Å². The first-order chi connectivity index (χ1) is 8.69. The summed E-state index contributed by atoms with van der Waals surface area (Å²) >= 11 is 0. The Morgan fingerprint density at radius 2 is 2.17 bits per heavy atom. The van der Waals surface area contributed by atoms with Gasteiger partial charge in [0, 0.05) is 18.7 Å². The topological polar surface area (TPSA) is 58.7 Å². The van der Waals surface area contributed by atoms with Crippen LogP contribution in [0.2, 0.25) is 0 Å². The maximum absolute atomic E-state index is 13.9. The summed E-state index contributed by atoms with van der Waals surface area (Å²) in [6.07, 6.45) is 0. The van der Waals surface area contributed by atoms with Crippen LogP contribution in [0.1, 0.15) is 5.56 Å². The molecule has 1 aliphatic heterocycles. The molecule has 0 aromatic heterocycles. The fourth-order valence-electron chi connectivity index (χ4n) is 2.08. The van der Waals surface area contributed by atoms with E-state index in [9.17, 15) is 13.9 Å². The number of ether oxygens (including phenoxy) is 1. The van der Waals surface area contributed by atoms with Gasteiger partial charge in [-0.1, -0.05) is 6.07 Å².